The molecule has 2 fully saturated rings. The van der Waals surface area contributed by atoms with E-state index < -0.39 is 0 Å². The quantitative estimate of drug-likeness (QED) is 0.467. The summed E-state index contributed by atoms with van der Waals surface area (Å²) in [6.45, 7) is 6.25. The van der Waals surface area contributed by atoms with Gasteiger partial charge in [0.25, 0.3) is 5.91 Å². The molecule has 1 aliphatic heterocycles. The Balaban J connectivity index is 1.39. The number of aromatic amines is 1. The van der Waals surface area contributed by atoms with Crippen molar-refractivity contribution in [1.82, 2.24) is 14.9 Å². The first-order chi connectivity index (χ1) is 17.4. The minimum absolute atomic E-state index is 0.153. The minimum atomic E-state index is -0.266. The van der Waals surface area contributed by atoms with Crippen molar-refractivity contribution in [3.05, 3.63) is 63.6 Å². The van der Waals surface area contributed by atoms with Crippen LogP contribution in [0.1, 0.15) is 40.7 Å². The van der Waals surface area contributed by atoms with Crippen molar-refractivity contribution in [3.63, 3.8) is 0 Å². The smallest absolute Gasteiger partial charge is 0.259 e. The lowest BCUT2D eigenvalue weighted by molar-refractivity contribution is -0.117. The lowest BCUT2D eigenvalue weighted by Crippen LogP contribution is -2.35. The number of morpholine rings is 1. The zero-order valence-corrected chi connectivity index (χ0v) is 20.4. The fourth-order valence-corrected chi connectivity index (χ4v) is 4.93. The van der Waals surface area contributed by atoms with Gasteiger partial charge >= 0.3 is 0 Å². The van der Waals surface area contributed by atoms with E-state index in [4.69, 9.17) is 4.74 Å². The van der Waals surface area contributed by atoms with Gasteiger partial charge in [0.15, 0.2) is 0 Å². The number of ether oxygens (including phenoxy) is 1. The predicted molar refractivity (Wildman–Crippen MR) is 138 cm³/mol. The van der Waals surface area contributed by atoms with E-state index in [2.05, 4.69) is 25.5 Å². The Hall–Kier alpha value is -3.56. The van der Waals surface area contributed by atoms with E-state index in [1.165, 1.54) is 0 Å². The second-order valence-corrected chi connectivity index (χ2v) is 9.69. The Kier molecular flexibility index (Phi) is 7.11. The third-order valence-electron chi connectivity index (χ3n) is 6.91. The van der Waals surface area contributed by atoms with E-state index in [-0.39, 0.29) is 17.4 Å². The number of amides is 1. The van der Waals surface area contributed by atoms with E-state index in [1.807, 2.05) is 25.3 Å². The van der Waals surface area contributed by atoms with Gasteiger partial charge in [-0.3, -0.25) is 19.3 Å². The molecule has 3 heterocycles. The Morgan fingerprint density at radius 3 is 2.81 bits per heavy atom. The first kappa shape index (κ1) is 24.1. The summed E-state index contributed by atoms with van der Waals surface area (Å²) in [5.74, 6) is 0.798. The van der Waals surface area contributed by atoms with Gasteiger partial charge in [0.05, 0.1) is 18.8 Å². The number of fused-ring (bicyclic) bond motifs is 1. The molecular weight excluding hydrogens is 458 g/mol. The molecule has 1 saturated heterocycles. The van der Waals surface area contributed by atoms with Crippen molar-refractivity contribution in [2.75, 3.05) is 43.5 Å². The lowest BCUT2D eigenvalue weighted by Gasteiger charge is -2.26. The topological polar surface area (TPSA) is 116 Å². The highest BCUT2D eigenvalue weighted by atomic mass is 16.5. The molecule has 0 spiro atoms. The highest BCUT2D eigenvalue weighted by molar-refractivity contribution is 6.08. The van der Waals surface area contributed by atoms with E-state index >= 15 is 0 Å². The Labute approximate surface area is 209 Å². The van der Waals surface area contributed by atoms with Gasteiger partial charge in [0.2, 0.25) is 5.56 Å². The molecule has 0 radical (unpaired) electrons. The fraction of sp³-hybridized carbons (Fsp3) is 0.407. The van der Waals surface area contributed by atoms with Crippen LogP contribution >= 0.6 is 0 Å². The number of hydrogen-bond donors (Lipinski definition) is 3. The molecule has 1 aromatic carbocycles. The van der Waals surface area contributed by atoms with Gasteiger partial charge in [-0.1, -0.05) is 0 Å². The summed E-state index contributed by atoms with van der Waals surface area (Å²) in [7, 11) is 0. The molecule has 0 bridgehead atoms. The number of aryl methyl sites for hydroxylation is 1. The van der Waals surface area contributed by atoms with Gasteiger partial charge < -0.3 is 20.4 Å². The second kappa shape index (κ2) is 10.6. The van der Waals surface area contributed by atoms with Crippen LogP contribution in [-0.4, -0.2) is 59.4 Å². The number of pyridine rings is 2. The van der Waals surface area contributed by atoms with Crippen molar-refractivity contribution < 1.29 is 14.3 Å². The monoisotopic (exact) mass is 489 g/mol. The Morgan fingerprint density at radius 1 is 1.19 bits per heavy atom. The number of H-pyrrole nitrogens is 1. The molecule has 3 aromatic rings. The van der Waals surface area contributed by atoms with Crippen molar-refractivity contribution in [3.8, 4) is 0 Å². The van der Waals surface area contributed by atoms with Crippen molar-refractivity contribution in [2.24, 2.45) is 5.92 Å². The molecule has 9 nitrogen and oxygen atoms in total. The molecule has 2 aromatic heterocycles. The molecule has 188 valence electrons. The number of anilines is 2. The summed E-state index contributed by atoms with van der Waals surface area (Å²) in [6.07, 6.45) is 3.87. The zero-order chi connectivity index (χ0) is 25.1. The lowest BCUT2D eigenvalue weighted by atomic mass is 10.1. The molecule has 1 unspecified atom stereocenters. The average molecular weight is 490 g/mol. The molecule has 3 N–H and O–H groups in total. The number of rotatable bonds is 7. The Morgan fingerprint density at radius 2 is 2.03 bits per heavy atom. The number of benzene rings is 1. The van der Waals surface area contributed by atoms with E-state index in [9.17, 15) is 14.4 Å². The summed E-state index contributed by atoms with van der Waals surface area (Å²) in [6, 6.07) is 8.87. The van der Waals surface area contributed by atoms with Gasteiger partial charge in [-0.25, -0.2) is 4.98 Å². The maximum absolute atomic E-state index is 13.5. The summed E-state index contributed by atoms with van der Waals surface area (Å²) >= 11 is 0. The van der Waals surface area contributed by atoms with Crippen LogP contribution in [0.15, 0.2) is 41.3 Å². The number of carbonyl (C=O) groups is 2. The van der Waals surface area contributed by atoms with Gasteiger partial charge in [-0.05, 0) is 54.7 Å². The minimum Gasteiger partial charge on any atom is -0.379 e. The highest BCUT2D eigenvalue weighted by Gasteiger charge is 2.23. The number of nitrogens with one attached hydrogen (secondary N) is 3. The molecule has 1 aliphatic carbocycles. The summed E-state index contributed by atoms with van der Waals surface area (Å²) in [5.41, 5.74) is 3.46. The average Bonchev–Trinajstić information content (AvgIpc) is 3.29. The van der Waals surface area contributed by atoms with Gasteiger partial charge in [-0.2, -0.15) is 0 Å². The van der Waals surface area contributed by atoms with Gasteiger partial charge in [0.1, 0.15) is 11.6 Å². The third-order valence-corrected chi connectivity index (χ3v) is 6.91. The number of carbonyl (C=O) groups excluding carboxylic acids is 2. The molecular formula is C27H31N5O4. The van der Waals surface area contributed by atoms with Crippen LogP contribution in [0.25, 0.3) is 10.9 Å². The molecule has 9 heteroatoms. The van der Waals surface area contributed by atoms with Crippen LogP contribution in [0.5, 0.6) is 0 Å². The van der Waals surface area contributed by atoms with Crippen molar-refractivity contribution in [1.29, 1.82) is 0 Å². The number of Topliss-reactive ketones (excluding diaryl/α,β-unsaturated/α-hetero) is 1. The van der Waals surface area contributed by atoms with E-state index in [0.29, 0.717) is 62.0 Å². The molecule has 1 atom stereocenters. The second-order valence-electron chi connectivity index (χ2n) is 9.69. The SMILES string of the molecule is Cc1cc(=O)[nH]c2ccc(NC(=O)c3cc(CN4CCOCC4)cnc3NCC3CCC(=O)C3)cc12. The predicted octanol–water partition coefficient (Wildman–Crippen LogP) is 3.10. The molecule has 1 amide bonds. The van der Waals surface area contributed by atoms with Crippen molar-refractivity contribution in [2.45, 2.75) is 32.7 Å². The number of hydrogen-bond acceptors (Lipinski definition) is 7. The van der Waals surface area contributed by atoms with Crippen LogP contribution in [0.3, 0.4) is 0 Å². The van der Waals surface area contributed by atoms with Crippen LogP contribution in [-0.2, 0) is 16.1 Å². The summed E-state index contributed by atoms with van der Waals surface area (Å²) < 4.78 is 5.44. The van der Waals surface area contributed by atoms with Gasteiger partial charge in [-0.15, -0.1) is 0 Å². The normalized spacial score (nSPS) is 18.5. The van der Waals surface area contributed by atoms with E-state index in [0.717, 1.165) is 41.5 Å². The maximum Gasteiger partial charge on any atom is 0.259 e. The molecule has 5 rings (SSSR count). The zero-order valence-electron chi connectivity index (χ0n) is 20.4. The number of nitrogens with zero attached hydrogens (tertiary/aromatic N) is 2. The van der Waals surface area contributed by atoms with Crippen LogP contribution < -0.4 is 16.2 Å². The summed E-state index contributed by atoms with van der Waals surface area (Å²) in [5, 5.41) is 7.19. The summed E-state index contributed by atoms with van der Waals surface area (Å²) in [4.78, 5) is 46.6. The van der Waals surface area contributed by atoms with Gasteiger partial charge in [0, 0.05) is 67.9 Å². The van der Waals surface area contributed by atoms with Crippen LogP contribution in [0.4, 0.5) is 11.5 Å². The van der Waals surface area contributed by atoms with Crippen molar-refractivity contribution >= 4 is 34.1 Å². The first-order valence-corrected chi connectivity index (χ1v) is 12.4. The maximum atomic E-state index is 13.5. The van der Waals surface area contributed by atoms with E-state index in [1.54, 1.807) is 18.2 Å². The van der Waals surface area contributed by atoms with Crippen LogP contribution in [0, 0.1) is 12.8 Å². The number of aromatic nitrogens is 2. The molecule has 2 aliphatic rings. The first-order valence-electron chi connectivity index (χ1n) is 12.4. The fourth-order valence-electron chi connectivity index (χ4n) is 4.93. The molecule has 36 heavy (non-hydrogen) atoms. The Bertz CT molecular complexity index is 1350. The van der Waals surface area contributed by atoms with Crippen LogP contribution in [0.2, 0.25) is 0 Å². The number of ketones is 1. The molecule has 1 saturated carbocycles. The highest BCUT2D eigenvalue weighted by Crippen LogP contribution is 2.25. The third kappa shape index (κ3) is 5.63. The largest absolute Gasteiger partial charge is 0.379 e. The standard InChI is InChI=1S/C27H31N5O4/c1-17-10-25(34)31-24-5-3-20(13-22(17)24)30-27(35)23-12-19(16-32-6-8-36-9-7-32)15-29-26(23)28-14-18-2-4-21(33)11-18/h3,5,10,12-13,15,18H,2,4,6-9,11,14,16H2,1H3,(H,28,29)(H,30,35)(H,31,34).